The molecule has 7 heteroatoms. The molecule has 0 radical (unpaired) electrons. The maximum absolute atomic E-state index is 10.9. The third-order valence-corrected chi connectivity index (χ3v) is 3.17. The van der Waals surface area contributed by atoms with E-state index in [-0.39, 0.29) is 6.42 Å². The van der Waals surface area contributed by atoms with E-state index >= 15 is 0 Å². The minimum Gasteiger partial charge on any atom is -0.480 e. The Bertz CT molecular complexity index is 381. The first kappa shape index (κ1) is 10.3. The molecule has 1 saturated heterocycles. The van der Waals surface area contributed by atoms with Gasteiger partial charge in [-0.3, -0.25) is 0 Å². The van der Waals surface area contributed by atoms with Crippen LogP contribution in [0.25, 0.3) is 0 Å². The van der Waals surface area contributed by atoms with E-state index in [2.05, 4.69) is 9.36 Å². The number of aryl methyl sites for hydroxylation is 1. The number of carbonyl (C=O) groups is 1. The molecule has 0 amide bonds. The Hall–Kier alpha value is -1.21. The summed E-state index contributed by atoms with van der Waals surface area (Å²) in [5.74, 6) is -0.306. The van der Waals surface area contributed by atoms with Crippen molar-refractivity contribution < 1.29 is 15.0 Å². The van der Waals surface area contributed by atoms with Crippen molar-refractivity contribution in [1.29, 1.82) is 0 Å². The molecule has 2 N–H and O–H groups in total. The zero-order chi connectivity index (χ0) is 11.0. The summed E-state index contributed by atoms with van der Waals surface area (Å²) in [6.45, 7) is 2.06. The average Bonchev–Trinajstić information content (AvgIpc) is 2.71. The Balaban J connectivity index is 2.24. The SMILES string of the molecule is Cc1nsc(N2CC(O)CC2C(=O)O)n1. The van der Waals surface area contributed by atoms with Crippen LogP contribution in [0.15, 0.2) is 0 Å². The highest BCUT2D eigenvalue weighted by atomic mass is 32.1. The summed E-state index contributed by atoms with van der Waals surface area (Å²) in [7, 11) is 0. The lowest BCUT2D eigenvalue weighted by Gasteiger charge is -2.18. The lowest BCUT2D eigenvalue weighted by atomic mass is 10.2. The van der Waals surface area contributed by atoms with Gasteiger partial charge in [-0.1, -0.05) is 0 Å². The van der Waals surface area contributed by atoms with Crippen molar-refractivity contribution in [2.45, 2.75) is 25.5 Å². The van der Waals surface area contributed by atoms with Crippen LogP contribution in [-0.2, 0) is 4.79 Å². The molecule has 6 nitrogen and oxygen atoms in total. The molecule has 1 aromatic heterocycles. The van der Waals surface area contributed by atoms with E-state index in [1.165, 1.54) is 0 Å². The van der Waals surface area contributed by atoms with E-state index in [9.17, 15) is 9.90 Å². The largest absolute Gasteiger partial charge is 0.480 e. The van der Waals surface area contributed by atoms with E-state index in [1.54, 1.807) is 11.8 Å². The van der Waals surface area contributed by atoms with Crippen LogP contribution in [-0.4, -0.2) is 44.2 Å². The lowest BCUT2D eigenvalue weighted by molar-refractivity contribution is -0.138. The zero-order valence-electron chi connectivity index (χ0n) is 8.12. The molecule has 1 aromatic rings. The zero-order valence-corrected chi connectivity index (χ0v) is 8.94. The molecule has 0 aliphatic carbocycles. The number of hydrogen-bond donors (Lipinski definition) is 2. The number of hydrogen-bond acceptors (Lipinski definition) is 6. The van der Waals surface area contributed by atoms with Crippen LogP contribution in [0.4, 0.5) is 5.13 Å². The van der Waals surface area contributed by atoms with E-state index in [0.29, 0.717) is 17.5 Å². The molecule has 2 heterocycles. The fourth-order valence-electron chi connectivity index (χ4n) is 1.66. The monoisotopic (exact) mass is 229 g/mol. The van der Waals surface area contributed by atoms with Gasteiger partial charge in [-0.05, 0) is 6.92 Å². The Morgan fingerprint density at radius 2 is 2.40 bits per heavy atom. The van der Waals surface area contributed by atoms with E-state index in [0.717, 1.165) is 11.5 Å². The van der Waals surface area contributed by atoms with Gasteiger partial charge < -0.3 is 15.1 Å². The highest BCUT2D eigenvalue weighted by Crippen LogP contribution is 2.27. The smallest absolute Gasteiger partial charge is 0.326 e. The van der Waals surface area contributed by atoms with Gasteiger partial charge in [0.2, 0.25) is 5.13 Å². The molecular formula is C8H11N3O3S. The van der Waals surface area contributed by atoms with Gasteiger partial charge in [0.05, 0.1) is 6.10 Å². The molecule has 0 saturated carbocycles. The average molecular weight is 229 g/mol. The fraction of sp³-hybridized carbons (Fsp3) is 0.625. The van der Waals surface area contributed by atoms with Gasteiger partial charge in [-0.25, -0.2) is 9.78 Å². The predicted octanol–water partition coefficient (Wildman–Crippen LogP) is -0.129. The molecule has 1 aliphatic heterocycles. The summed E-state index contributed by atoms with van der Waals surface area (Å²) in [6.07, 6.45) is -0.358. The molecule has 0 aromatic carbocycles. The van der Waals surface area contributed by atoms with Crippen molar-refractivity contribution in [3.05, 3.63) is 5.82 Å². The van der Waals surface area contributed by atoms with E-state index in [4.69, 9.17) is 5.11 Å². The number of aliphatic hydroxyl groups excluding tert-OH is 1. The second-order valence-electron chi connectivity index (χ2n) is 3.52. The quantitative estimate of drug-likeness (QED) is 0.734. The molecule has 0 bridgehead atoms. The standard InChI is InChI=1S/C8H11N3O3S/c1-4-9-8(15-10-4)11-3-5(12)2-6(11)7(13)14/h5-6,12H,2-3H2,1H3,(H,13,14). The summed E-state index contributed by atoms with van der Waals surface area (Å²) in [6, 6.07) is -0.688. The van der Waals surface area contributed by atoms with Crippen LogP contribution in [0.5, 0.6) is 0 Å². The number of aliphatic carboxylic acids is 1. The third kappa shape index (κ3) is 1.93. The molecule has 2 unspecified atom stereocenters. The number of carboxylic acid groups (broad SMARTS) is 1. The Labute approximate surface area is 90.3 Å². The predicted molar refractivity (Wildman–Crippen MR) is 54.0 cm³/mol. The van der Waals surface area contributed by atoms with E-state index < -0.39 is 18.1 Å². The third-order valence-electron chi connectivity index (χ3n) is 2.33. The highest BCUT2D eigenvalue weighted by molar-refractivity contribution is 7.09. The summed E-state index contributed by atoms with van der Waals surface area (Å²) in [5.41, 5.74) is 0. The van der Waals surface area contributed by atoms with Gasteiger partial charge in [-0.2, -0.15) is 4.37 Å². The Morgan fingerprint density at radius 1 is 1.67 bits per heavy atom. The highest BCUT2D eigenvalue weighted by Gasteiger charge is 2.37. The van der Waals surface area contributed by atoms with Crippen molar-refractivity contribution in [2.75, 3.05) is 11.4 Å². The van der Waals surface area contributed by atoms with Crippen LogP contribution in [0, 0.1) is 6.92 Å². The molecule has 82 valence electrons. The second-order valence-corrected chi connectivity index (χ2v) is 4.25. The van der Waals surface area contributed by atoms with Crippen molar-refractivity contribution in [3.63, 3.8) is 0 Å². The van der Waals surface area contributed by atoms with Crippen LogP contribution in [0.2, 0.25) is 0 Å². The summed E-state index contributed by atoms with van der Waals surface area (Å²) in [5, 5.41) is 19.0. The summed E-state index contributed by atoms with van der Waals surface area (Å²) >= 11 is 1.16. The van der Waals surface area contributed by atoms with Crippen LogP contribution in [0.3, 0.4) is 0 Å². The lowest BCUT2D eigenvalue weighted by Crippen LogP contribution is -2.35. The molecular weight excluding hydrogens is 218 g/mol. The number of aliphatic hydroxyl groups is 1. The van der Waals surface area contributed by atoms with Crippen LogP contribution in [0.1, 0.15) is 12.2 Å². The first-order valence-electron chi connectivity index (χ1n) is 4.55. The van der Waals surface area contributed by atoms with Crippen LogP contribution < -0.4 is 4.90 Å². The first-order valence-corrected chi connectivity index (χ1v) is 5.33. The van der Waals surface area contributed by atoms with Crippen LogP contribution >= 0.6 is 11.5 Å². The minimum absolute atomic E-state index is 0.244. The molecule has 2 atom stereocenters. The number of anilines is 1. The molecule has 0 spiro atoms. The van der Waals surface area contributed by atoms with Crippen molar-refractivity contribution >= 4 is 22.6 Å². The number of rotatable bonds is 2. The first-order chi connectivity index (χ1) is 7.08. The normalized spacial score (nSPS) is 25.9. The fourth-order valence-corrected chi connectivity index (χ4v) is 2.40. The molecule has 15 heavy (non-hydrogen) atoms. The number of aromatic nitrogens is 2. The number of β-amino-alcohol motifs (C(OH)–C–C–N with tert-alkyl or cyclic N) is 1. The van der Waals surface area contributed by atoms with Gasteiger partial charge in [0, 0.05) is 24.5 Å². The topological polar surface area (TPSA) is 86.5 Å². The number of carboxylic acids is 1. The van der Waals surface area contributed by atoms with Gasteiger partial charge in [0.1, 0.15) is 11.9 Å². The maximum atomic E-state index is 10.9. The van der Waals surface area contributed by atoms with Crippen molar-refractivity contribution in [3.8, 4) is 0 Å². The minimum atomic E-state index is -0.931. The maximum Gasteiger partial charge on any atom is 0.326 e. The molecule has 1 aliphatic rings. The Morgan fingerprint density at radius 3 is 2.93 bits per heavy atom. The van der Waals surface area contributed by atoms with E-state index in [1.807, 2.05) is 0 Å². The number of nitrogens with zero attached hydrogens (tertiary/aromatic N) is 3. The van der Waals surface area contributed by atoms with Crippen molar-refractivity contribution in [2.24, 2.45) is 0 Å². The van der Waals surface area contributed by atoms with Gasteiger partial charge in [-0.15, -0.1) is 0 Å². The van der Waals surface area contributed by atoms with Gasteiger partial charge in [0.15, 0.2) is 0 Å². The Kier molecular flexibility index (Phi) is 2.57. The van der Waals surface area contributed by atoms with Gasteiger partial charge >= 0.3 is 5.97 Å². The second kappa shape index (κ2) is 3.74. The molecule has 2 rings (SSSR count). The summed E-state index contributed by atoms with van der Waals surface area (Å²) < 4.78 is 3.99. The van der Waals surface area contributed by atoms with Gasteiger partial charge in [0.25, 0.3) is 0 Å². The summed E-state index contributed by atoms with van der Waals surface area (Å²) in [4.78, 5) is 16.7. The molecule has 1 fully saturated rings. The van der Waals surface area contributed by atoms with Crippen molar-refractivity contribution in [1.82, 2.24) is 9.36 Å².